The molecule has 2 aromatic rings. The van der Waals surface area contributed by atoms with E-state index in [0.29, 0.717) is 6.54 Å². The summed E-state index contributed by atoms with van der Waals surface area (Å²) >= 11 is 0. The van der Waals surface area contributed by atoms with Gasteiger partial charge in [-0.1, -0.05) is 6.07 Å². The van der Waals surface area contributed by atoms with Crippen LogP contribution in [-0.4, -0.2) is 30.6 Å². The number of hydrogen-bond acceptors (Lipinski definition) is 3. The first-order chi connectivity index (χ1) is 11.1. The quantitative estimate of drug-likeness (QED) is 0.922. The van der Waals surface area contributed by atoms with Crippen LogP contribution in [0.1, 0.15) is 18.1 Å². The molecule has 2 heterocycles. The zero-order valence-corrected chi connectivity index (χ0v) is 13.8. The van der Waals surface area contributed by atoms with Crippen molar-refractivity contribution in [2.75, 3.05) is 34.8 Å². The number of fused-ring (bicyclic) bond motifs is 1. The first-order valence-electron chi connectivity index (χ1n) is 7.96. The van der Waals surface area contributed by atoms with Gasteiger partial charge in [0.1, 0.15) is 0 Å². The van der Waals surface area contributed by atoms with Gasteiger partial charge in [-0.15, -0.1) is 0 Å². The highest BCUT2D eigenvalue weighted by atomic mass is 16.2. The van der Waals surface area contributed by atoms with Gasteiger partial charge in [-0.3, -0.25) is 4.90 Å². The molecular formula is C18H22N4O. The average molecular weight is 310 g/mol. The maximum Gasteiger partial charge on any atom is 0.326 e. The van der Waals surface area contributed by atoms with Crippen molar-refractivity contribution in [1.29, 1.82) is 0 Å². The fraction of sp³-hybridized carbons (Fsp3) is 0.333. The second kappa shape index (κ2) is 6.28. The molecule has 0 radical (unpaired) electrons. The summed E-state index contributed by atoms with van der Waals surface area (Å²) in [5, 5.41) is 2.99. The molecule has 2 amide bonds. The smallest absolute Gasteiger partial charge is 0.326 e. The Morgan fingerprint density at radius 1 is 1.22 bits per heavy atom. The lowest BCUT2D eigenvalue weighted by molar-refractivity contribution is 0.256. The molecule has 0 saturated carbocycles. The number of amides is 2. The van der Waals surface area contributed by atoms with Gasteiger partial charge in [-0.2, -0.15) is 0 Å². The van der Waals surface area contributed by atoms with Gasteiger partial charge in [0.2, 0.25) is 0 Å². The molecule has 120 valence electrons. The van der Waals surface area contributed by atoms with E-state index < -0.39 is 0 Å². The van der Waals surface area contributed by atoms with Crippen LogP contribution in [0.25, 0.3) is 0 Å². The monoisotopic (exact) mass is 310 g/mol. The van der Waals surface area contributed by atoms with E-state index in [1.54, 1.807) is 11.1 Å². The van der Waals surface area contributed by atoms with E-state index in [1.165, 1.54) is 11.1 Å². The summed E-state index contributed by atoms with van der Waals surface area (Å²) < 4.78 is 0. The summed E-state index contributed by atoms with van der Waals surface area (Å²) in [5.41, 5.74) is 4.07. The highest BCUT2D eigenvalue weighted by Gasteiger charge is 2.26. The molecule has 5 nitrogen and oxygen atoms in total. The van der Waals surface area contributed by atoms with Crippen LogP contribution in [0, 0.1) is 13.8 Å². The predicted molar refractivity (Wildman–Crippen MR) is 94.4 cm³/mol. The molecular weight excluding hydrogens is 288 g/mol. The molecule has 0 unspecified atom stereocenters. The summed E-state index contributed by atoms with van der Waals surface area (Å²) in [6, 6.07) is 9.67. The summed E-state index contributed by atoms with van der Waals surface area (Å²) in [6.07, 6.45) is 1.77. The Labute approximate surface area is 136 Å². The molecule has 0 aliphatic carbocycles. The van der Waals surface area contributed by atoms with E-state index in [4.69, 9.17) is 0 Å². The number of aryl methyl sites for hydroxylation is 2. The molecule has 5 heteroatoms. The minimum atomic E-state index is -0.113. The first-order valence-corrected chi connectivity index (χ1v) is 7.96. The van der Waals surface area contributed by atoms with Crippen LogP contribution in [0.2, 0.25) is 0 Å². The Kier molecular flexibility index (Phi) is 4.19. The zero-order valence-electron chi connectivity index (χ0n) is 13.8. The molecule has 23 heavy (non-hydrogen) atoms. The van der Waals surface area contributed by atoms with Crippen molar-refractivity contribution in [3.8, 4) is 0 Å². The van der Waals surface area contributed by atoms with Crippen LogP contribution in [0.4, 0.5) is 22.0 Å². The number of aromatic nitrogens is 1. The summed E-state index contributed by atoms with van der Waals surface area (Å²) in [6.45, 7) is 8.54. The Balaban J connectivity index is 1.84. The Morgan fingerprint density at radius 2 is 2.04 bits per heavy atom. The lowest BCUT2D eigenvalue weighted by Gasteiger charge is -2.36. The third kappa shape index (κ3) is 2.99. The van der Waals surface area contributed by atoms with Crippen molar-refractivity contribution in [2.45, 2.75) is 20.8 Å². The number of hydrogen-bond donors (Lipinski definition) is 1. The molecule has 1 aromatic heterocycles. The van der Waals surface area contributed by atoms with Gasteiger partial charge in [0.15, 0.2) is 5.82 Å². The molecule has 0 fully saturated rings. The lowest BCUT2D eigenvalue weighted by atomic mass is 10.1. The zero-order chi connectivity index (χ0) is 16.4. The van der Waals surface area contributed by atoms with Crippen LogP contribution in [0.3, 0.4) is 0 Å². The van der Waals surface area contributed by atoms with E-state index in [-0.39, 0.29) is 6.03 Å². The number of urea groups is 1. The van der Waals surface area contributed by atoms with Gasteiger partial charge in [-0.25, -0.2) is 9.78 Å². The minimum absolute atomic E-state index is 0.113. The minimum Gasteiger partial charge on any atom is -0.353 e. The number of carbonyl (C=O) groups excluding carboxylic acids is 1. The highest BCUT2D eigenvalue weighted by molar-refractivity contribution is 6.04. The molecule has 1 aromatic carbocycles. The van der Waals surface area contributed by atoms with Gasteiger partial charge >= 0.3 is 6.03 Å². The van der Waals surface area contributed by atoms with Crippen LogP contribution in [-0.2, 0) is 0 Å². The standard InChI is InChI=1S/C18H22N4O/c1-4-21-10-11-22(16-6-5-9-19-17(16)21)18(23)20-15-8-7-13(2)14(3)12-15/h5-9,12H,4,10-11H2,1-3H3,(H,20,23). The predicted octanol–water partition coefficient (Wildman–Crippen LogP) is 3.58. The Morgan fingerprint density at radius 3 is 2.78 bits per heavy atom. The molecule has 3 rings (SSSR count). The van der Waals surface area contributed by atoms with Crippen molar-refractivity contribution in [1.82, 2.24) is 4.98 Å². The third-order valence-corrected chi connectivity index (χ3v) is 4.33. The summed E-state index contributed by atoms with van der Waals surface area (Å²) in [5.74, 6) is 0.872. The second-order valence-electron chi connectivity index (χ2n) is 5.81. The number of anilines is 3. The third-order valence-electron chi connectivity index (χ3n) is 4.33. The number of carbonyl (C=O) groups is 1. The van der Waals surface area contributed by atoms with E-state index in [2.05, 4.69) is 29.0 Å². The van der Waals surface area contributed by atoms with Crippen molar-refractivity contribution in [2.24, 2.45) is 0 Å². The summed E-state index contributed by atoms with van der Waals surface area (Å²) in [4.78, 5) is 21.1. The van der Waals surface area contributed by atoms with E-state index in [9.17, 15) is 4.79 Å². The molecule has 0 bridgehead atoms. The van der Waals surface area contributed by atoms with Gasteiger partial charge in [0.05, 0.1) is 5.69 Å². The van der Waals surface area contributed by atoms with Gasteiger partial charge in [-0.05, 0) is 56.2 Å². The maximum absolute atomic E-state index is 12.7. The van der Waals surface area contributed by atoms with Crippen molar-refractivity contribution >= 4 is 23.2 Å². The number of nitrogens with one attached hydrogen (secondary N) is 1. The lowest BCUT2D eigenvalue weighted by Crippen LogP contribution is -2.46. The fourth-order valence-electron chi connectivity index (χ4n) is 2.82. The van der Waals surface area contributed by atoms with Crippen molar-refractivity contribution < 1.29 is 4.79 Å². The van der Waals surface area contributed by atoms with Crippen LogP contribution in [0.15, 0.2) is 36.5 Å². The number of rotatable bonds is 2. The number of likely N-dealkylation sites (N-methyl/N-ethyl adjacent to an activating group) is 1. The largest absolute Gasteiger partial charge is 0.353 e. The second-order valence-corrected chi connectivity index (χ2v) is 5.81. The molecule has 1 aliphatic rings. The molecule has 0 saturated heterocycles. The maximum atomic E-state index is 12.7. The molecule has 1 N–H and O–H groups in total. The van der Waals surface area contributed by atoms with Crippen LogP contribution in [0.5, 0.6) is 0 Å². The number of pyridine rings is 1. The highest BCUT2D eigenvalue weighted by Crippen LogP contribution is 2.30. The SMILES string of the molecule is CCN1CCN(C(=O)Nc2ccc(C)c(C)c2)c2cccnc21. The molecule has 0 atom stereocenters. The Hall–Kier alpha value is -2.56. The van der Waals surface area contributed by atoms with Crippen molar-refractivity contribution in [3.63, 3.8) is 0 Å². The Bertz CT molecular complexity index is 729. The number of benzene rings is 1. The normalized spacial score (nSPS) is 13.7. The first kappa shape index (κ1) is 15.3. The van der Waals surface area contributed by atoms with Crippen LogP contribution < -0.4 is 15.1 Å². The van der Waals surface area contributed by atoms with Crippen molar-refractivity contribution in [3.05, 3.63) is 47.7 Å². The van der Waals surface area contributed by atoms with Gasteiger partial charge in [0.25, 0.3) is 0 Å². The topological polar surface area (TPSA) is 48.5 Å². The molecule has 1 aliphatic heterocycles. The van der Waals surface area contributed by atoms with E-state index in [0.717, 1.165) is 30.3 Å². The van der Waals surface area contributed by atoms with E-state index >= 15 is 0 Å². The summed E-state index contributed by atoms with van der Waals surface area (Å²) in [7, 11) is 0. The van der Waals surface area contributed by atoms with E-state index in [1.807, 2.05) is 37.3 Å². The fourth-order valence-corrected chi connectivity index (χ4v) is 2.82. The number of nitrogens with zero attached hydrogens (tertiary/aromatic N) is 3. The van der Waals surface area contributed by atoms with Gasteiger partial charge in [0, 0.05) is 31.5 Å². The van der Waals surface area contributed by atoms with Gasteiger partial charge < -0.3 is 10.2 Å². The molecule has 0 spiro atoms. The average Bonchev–Trinajstić information content (AvgIpc) is 2.57. The van der Waals surface area contributed by atoms with Crippen LogP contribution >= 0.6 is 0 Å².